The van der Waals surface area contributed by atoms with E-state index in [9.17, 15) is 18.0 Å². The highest BCUT2D eigenvalue weighted by Gasteiger charge is 2.58. The first-order valence-electron chi connectivity index (χ1n) is 13.3. The minimum Gasteiger partial charge on any atom is -0.380 e. The average Bonchev–Trinajstić information content (AvgIpc) is 3.19. The average molecular weight is 527 g/mol. The van der Waals surface area contributed by atoms with Gasteiger partial charge in [0.05, 0.1) is 36.3 Å². The van der Waals surface area contributed by atoms with E-state index in [0.717, 1.165) is 75.6 Å². The Morgan fingerprint density at radius 3 is 2.29 bits per heavy atom. The Balaban J connectivity index is 0.860. The molecule has 2 aliphatic carbocycles. The van der Waals surface area contributed by atoms with Crippen LogP contribution in [0.3, 0.4) is 0 Å². The minimum absolute atomic E-state index is 0.0451. The van der Waals surface area contributed by atoms with Crippen molar-refractivity contribution < 1.29 is 22.7 Å². The molecule has 7 rings (SSSR count). The van der Waals surface area contributed by atoms with Crippen LogP contribution in [0.4, 0.5) is 18.0 Å². The van der Waals surface area contributed by atoms with E-state index in [1.807, 2.05) is 15.9 Å². The number of rotatable bonds is 4. The van der Waals surface area contributed by atoms with E-state index in [4.69, 9.17) is 10.00 Å². The third-order valence-corrected chi connectivity index (χ3v) is 9.33. The van der Waals surface area contributed by atoms with Gasteiger partial charge in [-0.05, 0) is 61.8 Å². The van der Waals surface area contributed by atoms with Crippen LogP contribution < -0.4 is 0 Å². The number of nitrogens with one attached hydrogen (secondary N) is 1. The Hall–Kier alpha value is -3.13. The number of carbonyl (C=O) groups excluding carboxylic acids is 1. The Labute approximate surface area is 218 Å². The highest BCUT2D eigenvalue weighted by Crippen LogP contribution is 2.57. The van der Waals surface area contributed by atoms with Crippen molar-refractivity contribution in [2.24, 2.45) is 16.7 Å². The van der Waals surface area contributed by atoms with Crippen molar-refractivity contribution in [3.63, 3.8) is 0 Å². The molecule has 8 nitrogen and oxygen atoms in total. The maximum absolute atomic E-state index is 13.2. The number of nitrogens with zero attached hydrogens (tertiary/aromatic N) is 5. The SMILES string of the molecule is N#Cc1cc(CC2CC3(C2)CN(C(=O)N2CC4(CC(c5nc(C6COC6)n[nH]5)C4)C2)C3)cc(C(F)(F)F)c1. The smallest absolute Gasteiger partial charge is 0.380 e. The number of alkyl halides is 3. The number of nitriles is 1. The Bertz CT molecular complexity index is 1300. The summed E-state index contributed by atoms with van der Waals surface area (Å²) in [6.45, 7) is 4.44. The molecule has 11 heteroatoms. The molecular weight excluding hydrogens is 497 g/mol. The topological polar surface area (TPSA) is 98.1 Å². The van der Waals surface area contributed by atoms with Crippen molar-refractivity contribution in [2.45, 2.75) is 50.1 Å². The van der Waals surface area contributed by atoms with Crippen molar-refractivity contribution >= 4 is 6.03 Å². The van der Waals surface area contributed by atoms with Gasteiger partial charge in [0, 0.05) is 42.9 Å². The third-order valence-electron chi connectivity index (χ3n) is 9.33. The van der Waals surface area contributed by atoms with Crippen molar-refractivity contribution in [1.82, 2.24) is 25.0 Å². The van der Waals surface area contributed by atoms with Crippen LogP contribution in [0.2, 0.25) is 0 Å². The number of hydrogen-bond acceptors (Lipinski definition) is 5. The van der Waals surface area contributed by atoms with E-state index >= 15 is 0 Å². The zero-order valence-corrected chi connectivity index (χ0v) is 20.9. The predicted octanol–water partition coefficient (Wildman–Crippen LogP) is 4.06. The lowest BCUT2D eigenvalue weighted by Gasteiger charge is -2.63. The first-order chi connectivity index (χ1) is 18.1. The van der Waals surface area contributed by atoms with Crippen LogP contribution in [0, 0.1) is 28.1 Å². The molecule has 1 aromatic heterocycles. The van der Waals surface area contributed by atoms with Gasteiger partial charge in [-0.25, -0.2) is 9.78 Å². The summed E-state index contributed by atoms with van der Waals surface area (Å²) >= 11 is 0. The number of amides is 2. The largest absolute Gasteiger partial charge is 0.416 e. The van der Waals surface area contributed by atoms with Crippen LogP contribution in [0.25, 0.3) is 0 Å². The molecule has 4 heterocycles. The summed E-state index contributed by atoms with van der Waals surface area (Å²) in [5, 5.41) is 16.6. The van der Waals surface area contributed by atoms with Gasteiger partial charge in [-0.15, -0.1) is 0 Å². The van der Waals surface area contributed by atoms with Gasteiger partial charge in [-0.1, -0.05) is 0 Å². The monoisotopic (exact) mass is 526 g/mol. The lowest BCUT2D eigenvalue weighted by atomic mass is 9.56. The lowest BCUT2D eigenvalue weighted by Crippen LogP contribution is -2.70. The maximum atomic E-state index is 13.2. The number of H-pyrrole nitrogens is 1. The summed E-state index contributed by atoms with van der Waals surface area (Å²) in [4.78, 5) is 21.5. The van der Waals surface area contributed by atoms with Crippen LogP contribution in [0.1, 0.15) is 65.9 Å². The summed E-state index contributed by atoms with van der Waals surface area (Å²) in [6, 6.07) is 5.58. The third kappa shape index (κ3) is 3.96. The lowest BCUT2D eigenvalue weighted by molar-refractivity contribution is -0.137. The van der Waals surface area contributed by atoms with Crippen molar-refractivity contribution in [2.75, 3.05) is 39.4 Å². The quantitative estimate of drug-likeness (QED) is 0.648. The van der Waals surface area contributed by atoms with Crippen LogP contribution in [-0.2, 0) is 17.3 Å². The highest BCUT2D eigenvalue weighted by molar-refractivity contribution is 5.77. The second-order valence-corrected chi connectivity index (χ2v) is 12.4. The van der Waals surface area contributed by atoms with Gasteiger partial charge in [0.2, 0.25) is 0 Å². The normalized spacial score (nSPS) is 24.3. The standard InChI is InChI=1S/C27H29F3N6O2/c28-27(29,30)21-3-16(1-17(4-21)9-31)2-18-5-25(6-18)12-35(13-25)24(37)36-14-26(15-36)7-19(8-26)22-32-23(34-33-22)20-10-38-11-20/h1,3-4,18-20H,2,5-8,10-15H2,(H,32,33,34). The number of ether oxygens (including phenoxy) is 1. The first kappa shape index (κ1) is 23.9. The molecule has 200 valence electrons. The molecule has 2 spiro atoms. The Morgan fingerprint density at radius 2 is 1.71 bits per heavy atom. The predicted molar refractivity (Wildman–Crippen MR) is 128 cm³/mol. The van der Waals surface area contributed by atoms with Crippen molar-refractivity contribution in [1.29, 1.82) is 5.26 Å². The minimum atomic E-state index is -4.46. The molecule has 38 heavy (non-hydrogen) atoms. The van der Waals surface area contributed by atoms with Crippen molar-refractivity contribution in [3.8, 4) is 6.07 Å². The zero-order chi connectivity index (χ0) is 26.3. The molecule has 2 amide bonds. The summed E-state index contributed by atoms with van der Waals surface area (Å²) in [5.41, 5.74) is 0.167. The number of benzene rings is 1. The van der Waals surface area contributed by atoms with Gasteiger partial charge in [0.25, 0.3) is 0 Å². The fraction of sp³-hybridized carbons (Fsp3) is 0.630. The number of aromatic amines is 1. The van der Waals surface area contributed by atoms with E-state index in [-0.39, 0.29) is 28.3 Å². The first-order valence-corrected chi connectivity index (χ1v) is 13.3. The molecule has 0 bridgehead atoms. The summed E-state index contributed by atoms with van der Waals surface area (Å²) in [7, 11) is 0. The zero-order valence-electron chi connectivity index (χ0n) is 20.9. The molecule has 3 aliphatic heterocycles. The number of hydrogen-bond donors (Lipinski definition) is 1. The second kappa shape index (κ2) is 8.18. The van der Waals surface area contributed by atoms with Crippen LogP contribution in [-0.4, -0.2) is 70.4 Å². The van der Waals surface area contributed by atoms with Gasteiger partial charge in [0.1, 0.15) is 5.82 Å². The van der Waals surface area contributed by atoms with Crippen LogP contribution in [0.15, 0.2) is 18.2 Å². The van der Waals surface area contributed by atoms with Gasteiger partial charge in [-0.3, -0.25) is 5.10 Å². The summed E-state index contributed by atoms with van der Waals surface area (Å²) in [6.07, 6.45) is -0.0505. The van der Waals surface area contributed by atoms with E-state index in [1.165, 1.54) is 0 Å². The van der Waals surface area contributed by atoms with Crippen molar-refractivity contribution in [3.05, 3.63) is 46.5 Å². The Morgan fingerprint density at radius 1 is 1.05 bits per heavy atom. The molecule has 0 radical (unpaired) electrons. The van der Waals surface area contributed by atoms with Crippen LogP contribution >= 0.6 is 0 Å². The fourth-order valence-corrected chi connectivity index (χ4v) is 7.41. The molecule has 1 N–H and O–H groups in total. The number of carbonyl (C=O) groups is 1. The summed E-state index contributed by atoms with van der Waals surface area (Å²) in [5.74, 6) is 2.79. The van der Waals surface area contributed by atoms with E-state index < -0.39 is 11.7 Å². The molecule has 2 saturated carbocycles. The van der Waals surface area contributed by atoms with Gasteiger partial charge in [-0.2, -0.15) is 23.5 Å². The molecule has 3 saturated heterocycles. The number of aromatic nitrogens is 3. The van der Waals surface area contributed by atoms with Gasteiger partial charge < -0.3 is 14.5 Å². The van der Waals surface area contributed by atoms with Gasteiger partial charge >= 0.3 is 12.2 Å². The number of urea groups is 1. The molecular formula is C27H29F3N6O2. The molecule has 0 atom stereocenters. The maximum Gasteiger partial charge on any atom is 0.416 e. The van der Waals surface area contributed by atoms with Gasteiger partial charge in [0.15, 0.2) is 5.82 Å². The van der Waals surface area contributed by atoms with E-state index in [2.05, 4.69) is 15.2 Å². The molecule has 0 unspecified atom stereocenters. The van der Waals surface area contributed by atoms with Crippen LogP contribution in [0.5, 0.6) is 0 Å². The Kier molecular flexibility index (Phi) is 5.16. The molecule has 1 aromatic carbocycles. The second-order valence-electron chi connectivity index (χ2n) is 12.4. The fourth-order valence-electron chi connectivity index (χ4n) is 7.41. The van der Waals surface area contributed by atoms with E-state index in [1.54, 1.807) is 6.07 Å². The number of likely N-dealkylation sites (tertiary alicyclic amines) is 2. The highest BCUT2D eigenvalue weighted by atomic mass is 19.4. The molecule has 2 aromatic rings. The molecule has 5 aliphatic rings. The summed E-state index contributed by atoms with van der Waals surface area (Å²) < 4.78 is 44.7. The number of halogens is 3. The van der Waals surface area contributed by atoms with E-state index in [0.29, 0.717) is 37.0 Å². The molecule has 5 fully saturated rings.